The maximum atomic E-state index is 3.43. The first kappa shape index (κ1) is 19.9. The molecule has 0 aromatic carbocycles. The van der Waals surface area contributed by atoms with Gasteiger partial charge < -0.3 is 0 Å². The van der Waals surface area contributed by atoms with Crippen molar-refractivity contribution in [1.29, 1.82) is 0 Å². The summed E-state index contributed by atoms with van der Waals surface area (Å²) in [6.45, 7) is 19.4. The number of allylic oxidation sites excluding steroid dienone is 4. The first-order chi connectivity index (χ1) is 8.12. The molecule has 0 saturated carbocycles. The van der Waals surface area contributed by atoms with Gasteiger partial charge in [0.05, 0.1) is 0 Å². The summed E-state index contributed by atoms with van der Waals surface area (Å²) >= 11 is 3.43. The molecule has 0 radical (unpaired) electrons. The third-order valence-electron chi connectivity index (χ3n) is 4.84. The molecule has 0 bridgehead atoms. The van der Waals surface area contributed by atoms with Gasteiger partial charge in [0.2, 0.25) is 0 Å². The number of hydrogen-bond donors (Lipinski definition) is 0. The predicted octanol–water partition coefficient (Wildman–Crippen LogP) is 5.85. The fraction of sp³-hybridized carbons (Fsp3) is 0.733. The van der Waals surface area contributed by atoms with E-state index in [-0.39, 0.29) is 25.3 Å². The van der Waals surface area contributed by atoms with E-state index < -0.39 is 7.74 Å². The minimum Gasteiger partial charge on any atom is -0.147 e. The van der Waals surface area contributed by atoms with Crippen LogP contribution in [0, 0.1) is 5.41 Å². The zero-order valence-corrected chi connectivity index (χ0v) is 17.7. The van der Waals surface area contributed by atoms with Gasteiger partial charge in [0.15, 0.2) is 0 Å². The average Bonchev–Trinajstić information content (AvgIpc) is 2.42. The molecule has 0 atom stereocenters. The van der Waals surface area contributed by atoms with Crippen LogP contribution in [0.3, 0.4) is 0 Å². The van der Waals surface area contributed by atoms with Crippen molar-refractivity contribution in [3.05, 3.63) is 20.8 Å². The van der Waals surface area contributed by atoms with E-state index in [4.69, 9.17) is 0 Å². The summed E-state index contributed by atoms with van der Waals surface area (Å²) in [6.07, 6.45) is 2.77. The van der Waals surface area contributed by atoms with Crippen LogP contribution in [-0.4, -0.2) is 20.1 Å². The average molecular weight is 356 g/mol. The second-order valence-electron chi connectivity index (χ2n) is 6.31. The Kier molecular flexibility index (Phi) is 7.15. The van der Waals surface area contributed by atoms with Crippen molar-refractivity contribution in [3.63, 3.8) is 0 Å². The van der Waals surface area contributed by atoms with Gasteiger partial charge in [0.25, 0.3) is 0 Å². The molecule has 0 saturated heterocycles. The monoisotopic (exact) mass is 355 g/mol. The molecule has 0 amide bonds. The van der Waals surface area contributed by atoms with Crippen molar-refractivity contribution < 1.29 is 16.3 Å². The summed E-state index contributed by atoms with van der Waals surface area (Å²) in [7, 11) is -1.10. The van der Waals surface area contributed by atoms with E-state index in [9.17, 15) is 0 Å². The quantitative estimate of drug-likeness (QED) is 0.438. The van der Waals surface area contributed by atoms with Gasteiger partial charge in [-0.1, -0.05) is 0 Å². The Labute approximate surface area is 137 Å². The van der Waals surface area contributed by atoms with Crippen molar-refractivity contribution in [1.82, 2.24) is 0 Å². The van der Waals surface area contributed by atoms with E-state index in [2.05, 4.69) is 70.9 Å². The molecule has 1 aliphatic carbocycles. The summed E-state index contributed by atoms with van der Waals surface area (Å²) in [6, 6.07) is 0. The van der Waals surface area contributed by atoms with Gasteiger partial charge in [-0.2, -0.15) is 0 Å². The van der Waals surface area contributed by atoms with Crippen LogP contribution in [0.15, 0.2) is 20.8 Å². The Morgan fingerprint density at radius 2 is 1.53 bits per heavy atom. The number of hydrogen-bond acceptors (Lipinski definition) is 0. The van der Waals surface area contributed by atoms with Crippen LogP contribution in [0.1, 0.15) is 41.5 Å². The Bertz CT molecular complexity index is 406. The summed E-state index contributed by atoms with van der Waals surface area (Å²) in [4.78, 5) is 0. The molecule has 0 spiro atoms. The van der Waals surface area contributed by atoms with Crippen molar-refractivity contribution in [2.45, 2.75) is 54.6 Å². The summed E-state index contributed by atoms with van der Waals surface area (Å²) in [5, 5.41) is 1.75. The Hall–Kier alpha value is 0.949. The Balaban J connectivity index is 0.00000324. The molecule has 1 aliphatic rings. The summed E-state index contributed by atoms with van der Waals surface area (Å²) < 4.78 is 1.54. The second kappa shape index (κ2) is 6.81. The molecule has 0 fully saturated rings. The Morgan fingerprint density at radius 1 is 1.11 bits per heavy atom. The van der Waals surface area contributed by atoms with Crippen molar-refractivity contribution in [3.8, 4) is 0 Å². The number of halogens is 1. The van der Waals surface area contributed by atoms with Crippen molar-refractivity contribution >= 4 is 27.6 Å². The van der Waals surface area contributed by atoms with E-state index in [0.717, 1.165) is 0 Å². The van der Waals surface area contributed by atoms with Gasteiger partial charge in [-0.25, -0.2) is 0 Å². The molecule has 111 valence electrons. The van der Waals surface area contributed by atoms with Gasteiger partial charge in [0.1, 0.15) is 0 Å². The van der Waals surface area contributed by atoms with E-state index in [1.54, 1.807) is 20.8 Å². The second-order valence-corrected chi connectivity index (χ2v) is 18.2. The number of rotatable bonds is 4. The zero-order valence-electron chi connectivity index (χ0n) is 13.7. The van der Waals surface area contributed by atoms with Crippen molar-refractivity contribution in [2.75, 3.05) is 12.3 Å². The smallest absolute Gasteiger partial charge is 0.147 e. The first-order valence-corrected chi connectivity index (χ1v) is 13.2. The molecular formula is C15H29ClCrPSi. The molecule has 1 rings (SSSR count). The molecule has 0 nitrogen and oxygen atoms in total. The van der Waals surface area contributed by atoms with Gasteiger partial charge in [-0.3, -0.25) is 0 Å². The van der Waals surface area contributed by atoms with Gasteiger partial charge in [0, 0.05) is 0 Å². The van der Waals surface area contributed by atoms with E-state index in [1.807, 2.05) is 0 Å². The fourth-order valence-corrected chi connectivity index (χ4v) is 16.1. The largest absolute Gasteiger partial charge is 0.147 e. The topological polar surface area (TPSA) is 0 Å². The minimum absolute atomic E-state index is 0. The van der Waals surface area contributed by atoms with E-state index >= 15 is 0 Å². The normalized spacial score (nSPS) is 19.2. The molecule has 19 heavy (non-hydrogen) atoms. The molecule has 4 heteroatoms. The van der Waals surface area contributed by atoms with E-state index in [1.165, 1.54) is 12.3 Å². The van der Waals surface area contributed by atoms with Gasteiger partial charge >= 0.3 is 125 Å². The van der Waals surface area contributed by atoms with Crippen LogP contribution in [0.25, 0.3) is 0 Å². The molecule has 0 aliphatic heterocycles. The van der Waals surface area contributed by atoms with Crippen molar-refractivity contribution in [2.24, 2.45) is 5.41 Å². The van der Waals surface area contributed by atoms with Crippen LogP contribution in [0.2, 0.25) is 13.1 Å². The van der Waals surface area contributed by atoms with Crippen LogP contribution in [-0.2, 0) is 16.3 Å². The maximum Gasteiger partial charge on any atom is -0.147 e. The molecule has 0 N–H and O–H groups in total. The zero-order chi connectivity index (χ0) is 14.3. The molecular weight excluding hydrogens is 327 g/mol. The van der Waals surface area contributed by atoms with Crippen LogP contribution >= 0.6 is 19.9 Å². The van der Waals surface area contributed by atoms with Gasteiger partial charge in [-0.05, 0) is 0 Å². The van der Waals surface area contributed by atoms with Crippen LogP contribution in [0.5, 0.6) is 0 Å². The van der Waals surface area contributed by atoms with Crippen LogP contribution in [0.4, 0.5) is 0 Å². The summed E-state index contributed by atoms with van der Waals surface area (Å²) in [5.74, 6) is 0. The molecule has 0 aromatic rings. The molecule has 0 heterocycles. The standard InChI is InChI=1S/C15H28PSi.ClH.Cr/c1-9-16(10-2)17(7,8)14-11-15(5,6)13(4)12(14)3;;/h9-10H2,1-8H3;1H;. The minimum atomic E-state index is -1.30. The van der Waals surface area contributed by atoms with Gasteiger partial charge in [-0.15, -0.1) is 12.4 Å². The predicted molar refractivity (Wildman–Crippen MR) is 91.9 cm³/mol. The molecule has 0 aromatic heterocycles. The fourth-order valence-electron chi connectivity index (χ4n) is 3.22. The van der Waals surface area contributed by atoms with Crippen LogP contribution < -0.4 is 0 Å². The molecule has 0 unspecified atom stereocenters. The third-order valence-corrected chi connectivity index (χ3v) is 18.5. The Morgan fingerprint density at radius 3 is 1.79 bits per heavy atom. The van der Waals surface area contributed by atoms with E-state index in [0.29, 0.717) is 0 Å². The maximum absolute atomic E-state index is 3.43. The first-order valence-electron chi connectivity index (χ1n) is 6.97. The summed E-state index contributed by atoms with van der Waals surface area (Å²) in [5.41, 5.74) is 3.42. The SMILES string of the molecule is CCP(CC)[Si](C)(C)C1=[C]([Cr])C(C)(C)C(C)=C1C.Cl. The third kappa shape index (κ3) is 3.25.